The molecule has 1 aromatic rings. The SMILES string of the molecule is COCCCNC(=O)[C@@H]1CC(=O)N(c2ccc(Br)c(C)c2)C1. The number of nitrogens with zero attached hydrogens (tertiary/aromatic N) is 1. The lowest BCUT2D eigenvalue weighted by atomic mass is 10.1. The first-order valence-corrected chi connectivity index (χ1v) is 8.15. The molecule has 0 aliphatic carbocycles. The molecule has 2 rings (SSSR count). The Morgan fingerprint density at radius 1 is 1.50 bits per heavy atom. The molecule has 1 fully saturated rings. The second-order valence-electron chi connectivity index (χ2n) is 5.48. The molecular formula is C16H21BrN2O3. The molecule has 1 saturated heterocycles. The first-order valence-electron chi connectivity index (χ1n) is 7.36. The van der Waals surface area contributed by atoms with E-state index in [1.54, 1.807) is 12.0 Å². The molecule has 0 aromatic heterocycles. The highest BCUT2D eigenvalue weighted by Crippen LogP contribution is 2.28. The molecule has 0 saturated carbocycles. The average Bonchev–Trinajstić information content (AvgIpc) is 2.88. The number of halogens is 1. The smallest absolute Gasteiger partial charge is 0.227 e. The van der Waals surface area contributed by atoms with Gasteiger partial charge in [-0.05, 0) is 37.1 Å². The van der Waals surface area contributed by atoms with Crippen LogP contribution in [0, 0.1) is 12.8 Å². The summed E-state index contributed by atoms with van der Waals surface area (Å²) in [6, 6.07) is 5.78. The Morgan fingerprint density at radius 2 is 2.27 bits per heavy atom. The Bertz CT molecular complexity index is 562. The lowest BCUT2D eigenvalue weighted by Gasteiger charge is -2.17. The van der Waals surface area contributed by atoms with Crippen molar-refractivity contribution in [1.29, 1.82) is 0 Å². The van der Waals surface area contributed by atoms with Gasteiger partial charge in [-0.15, -0.1) is 0 Å². The average molecular weight is 369 g/mol. The normalized spacial score (nSPS) is 17.9. The minimum atomic E-state index is -0.279. The van der Waals surface area contributed by atoms with Crippen molar-refractivity contribution >= 4 is 33.4 Å². The molecule has 22 heavy (non-hydrogen) atoms. The Kier molecular flexibility index (Phi) is 5.97. The van der Waals surface area contributed by atoms with Gasteiger partial charge >= 0.3 is 0 Å². The predicted molar refractivity (Wildman–Crippen MR) is 88.8 cm³/mol. The van der Waals surface area contributed by atoms with Crippen LogP contribution in [0.4, 0.5) is 5.69 Å². The fraction of sp³-hybridized carbons (Fsp3) is 0.500. The van der Waals surface area contributed by atoms with Crippen LogP contribution in [-0.2, 0) is 14.3 Å². The Morgan fingerprint density at radius 3 is 2.95 bits per heavy atom. The monoisotopic (exact) mass is 368 g/mol. The standard InChI is InChI=1S/C16H21BrN2O3/c1-11-8-13(4-5-14(11)17)19-10-12(9-15(19)20)16(21)18-6-3-7-22-2/h4-5,8,12H,3,6-7,9-10H2,1-2H3,(H,18,21)/t12-/m1/s1. The fourth-order valence-corrected chi connectivity index (χ4v) is 2.75. The number of carbonyl (C=O) groups is 2. The number of carbonyl (C=O) groups excluding carboxylic acids is 2. The van der Waals surface area contributed by atoms with Gasteiger partial charge in [-0.25, -0.2) is 0 Å². The molecule has 1 aliphatic rings. The van der Waals surface area contributed by atoms with Crippen molar-refractivity contribution in [3.8, 4) is 0 Å². The molecule has 5 nitrogen and oxygen atoms in total. The van der Waals surface area contributed by atoms with E-state index in [4.69, 9.17) is 4.74 Å². The summed E-state index contributed by atoms with van der Waals surface area (Å²) in [5.41, 5.74) is 1.91. The number of amides is 2. The Balaban J connectivity index is 1.95. The van der Waals surface area contributed by atoms with Crippen LogP contribution in [0.15, 0.2) is 22.7 Å². The van der Waals surface area contributed by atoms with Gasteiger partial charge in [0.05, 0.1) is 5.92 Å². The maximum Gasteiger partial charge on any atom is 0.227 e. The van der Waals surface area contributed by atoms with Gasteiger partial charge < -0.3 is 15.0 Å². The number of aryl methyl sites for hydroxylation is 1. The highest BCUT2D eigenvalue weighted by molar-refractivity contribution is 9.10. The Hall–Kier alpha value is -1.40. The number of hydrogen-bond donors (Lipinski definition) is 1. The molecule has 1 aromatic carbocycles. The second-order valence-corrected chi connectivity index (χ2v) is 6.33. The van der Waals surface area contributed by atoms with E-state index in [0.29, 0.717) is 19.7 Å². The van der Waals surface area contributed by atoms with Gasteiger partial charge in [-0.3, -0.25) is 9.59 Å². The first-order chi connectivity index (χ1) is 10.5. The van der Waals surface area contributed by atoms with Crippen LogP contribution in [0.2, 0.25) is 0 Å². The van der Waals surface area contributed by atoms with Crippen LogP contribution in [0.25, 0.3) is 0 Å². The minimum absolute atomic E-state index is 0.00114. The zero-order valence-electron chi connectivity index (χ0n) is 12.9. The maximum atomic E-state index is 12.2. The van der Waals surface area contributed by atoms with Crippen molar-refractivity contribution in [2.45, 2.75) is 19.8 Å². The summed E-state index contributed by atoms with van der Waals surface area (Å²) in [5, 5.41) is 2.87. The van der Waals surface area contributed by atoms with Crippen LogP contribution >= 0.6 is 15.9 Å². The van der Waals surface area contributed by atoms with E-state index < -0.39 is 0 Å². The van der Waals surface area contributed by atoms with E-state index in [9.17, 15) is 9.59 Å². The third-order valence-corrected chi connectivity index (χ3v) is 4.66. The summed E-state index contributed by atoms with van der Waals surface area (Å²) < 4.78 is 5.95. The lowest BCUT2D eigenvalue weighted by Crippen LogP contribution is -2.33. The van der Waals surface area contributed by atoms with Crippen molar-refractivity contribution in [2.24, 2.45) is 5.92 Å². The number of rotatable bonds is 6. The number of benzene rings is 1. The molecule has 0 bridgehead atoms. The van der Waals surface area contributed by atoms with Crippen molar-refractivity contribution in [2.75, 3.05) is 31.7 Å². The molecular weight excluding hydrogens is 348 g/mol. The molecule has 0 radical (unpaired) electrons. The van der Waals surface area contributed by atoms with E-state index in [0.717, 1.165) is 22.1 Å². The number of ether oxygens (including phenoxy) is 1. The minimum Gasteiger partial charge on any atom is -0.385 e. The van der Waals surface area contributed by atoms with Gasteiger partial charge in [-0.1, -0.05) is 15.9 Å². The maximum absolute atomic E-state index is 12.2. The van der Waals surface area contributed by atoms with Gasteiger partial charge in [0.2, 0.25) is 11.8 Å². The van der Waals surface area contributed by atoms with Crippen molar-refractivity contribution < 1.29 is 14.3 Å². The van der Waals surface area contributed by atoms with Crippen molar-refractivity contribution in [3.63, 3.8) is 0 Å². The first kappa shape index (κ1) is 17.0. The molecule has 0 unspecified atom stereocenters. The molecule has 120 valence electrons. The Labute approximate surface area is 139 Å². The van der Waals surface area contributed by atoms with Crippen molar-refractivity contribution in [1.82, 2.24) is 5.32 Å². The topological polar surface area (TPSA) is 58.6 Å². The van der Waals surface area contributed by atoms with Crippen LogP contribution in [0.1, 0.15) is 18.4 Å². The lowest BCUT2D eigenvalue weighted by molar-refractivity contribution is -0.126. The summed E-state index contributed by atoms with van der Waals surface area (Å²) in [4.78, 5) is 26.0. The van der Waals surface area contributed by atoms with E-state index >= 15 is 0 Å². The summed E-state index contributed by atoms with van der Waals surface area (Å²) in [7, 11) is 1.63. The van der Waals surface area contributed by atoms with Crippen LogP contribution in [-0.4, -0.2) is 38.6 Å². The summed E-state index contributed by atoms with van der Waals surface area (Å²) in [6.45, 7) is 3.62. The van der Waals surface area contributed by atoms with Crippen LogP contribution < -0.4 is 10.2 Å². The quantitative estimate of drug-likeness (QED) is 0.783. The molecule has 6 heteroatoms. The van der Waals surface area contributed by atoms with E-state index in [2.05, 4.69) is 21.2 Å². The summed E-state index contributed by atoms with van der Waals surface area (Å²) in [6.07, 6.45) is 1.05. The van der Waals surface area contributed by atoms with E-state index in [-0.39, 0.29) is 24.2 Å². The van der Waals surface area contributed by atoms with E-state index in [1.165, 1.54) is 0 Å². The molecule has 1 aliphatic heterocycles. The van der Waals surface area contributed by atoms with Crippen molar-refractivity contribution in [3.05, 3.63) is 28.2 Å². The van der Waals surface area contributed by atoms with Crippen LogP contribution in [0.5, 0.6) is 0 Å². The van der Waals surface area contributed by atoms with Gasteiger partial charge in [0.15, 0.2) is 0 Å². The van der Waals surface area contributed by atoms with Gasteiger partial charge in [0, 0.05) is 43.4 Å². The number of nitrogens with one attached hydrogen (secondary N) is 1. The fourth-order valence-electron chi connectivity index (χ4n) is 2.50. The summed E-state index contributed by atoms with van der Waals surface area (Å²) >= 11 is 3.45. The highest BCUT2D eigenvalue weighted by atomic mass is 79.9. The zero-order chi connectivity index (χ0) is 16.1. The molecule has 1 N–H and O–H groups in total. The highest BCUT2D eigenvalue weighted by Gasteiger charge is 2.34. The third kappa shape index (κ3) is 4.08. The molecule has 1 atom stereocenters. The number of methoxy groups -OCH3 is 1. The van der Waals surface area contributed by atoms with E-state index in [1.807, 2.05) is 25.1 Å². The van der Waals surface area contributed by atoms with Gasteiger partial charge in [0.25, 0.3) is 0 Å². The molecule has 1 heterocycles. The van der Waals surface area contributed by atoms with Gasteiger partial charge in [0.1, 0.15) is 0 Å². The molecule has 0 spiro atoms. The van der Waals surface area contributed by atoms with Crippen LogP contribution in [0.3, 0.4) is 0 Å². The number of anilines is 1. The second kappa shape index (κ2) is 7.74. The number of hydrogen-bond acceptors (Lipinski definition) is 3. The largest absolute Gasteiger partial charge is 0.385 e. The predicted octanol–water partition coefficient (Wildman–Crippen LogP) is 2.26. The zero-order valence-corrected chi connectivity index (χ0v) is 14.5. The molecule has 2 amide bonds. The summed E-state index contributed by atoms with van der Waals surface area (Å²) in [5.74, 6) is -0.335. The third-order valence-electron chi connectivity index (χ3n) is 3.77. The van der Waals surface area contributed by atoms with Gasteiger partial charge in [-0.2, -0.15) is 0 Å².